The van der Waals surface area contributed by atoms with Crippen LogP contribution in [0, 0.1) is 5.92 Å². The highest BCUT2D eigenvalue weighted by Crippen LogP contribution is 2.34. The molecule has 0 fully saturated rings. The van der Waals surface area contributed by atoms with Crippen LogP contribution in [-0.2, 0) is 27.9 Å². The van der Waals surface area contributed by atoms with Crippen molar-refractivity contribution >= 4 is 57.1 Å². The van der Waals surface area contributed by atoms with Gasteiger partial charge < -0.3 is 13.1 Å². The van der Waals surface area contributed by atoms with Crippen molar-refractivity contribution < 1.29 is 21.5 Å². The molecule has 0 spiro atoms. The van der Waals surface area contributed by atoms with E-state index in [4.69, 9.17) is 36.3 Å². The van der Waals surface area contributed by atoms with E-state index in [9.17, 15) is 8.42 Å². The van der Waals surface area contributed by atoms with E-state index in [1.54, 1.807) is 28.8 Å². The van der Waals surface area contributed by atoms with Gasteiger partial charge in [0.15, 0.2) is 28.7 Å². The number of H-pyrrole nitrogens is 1. The molecule has 2 aromatic heterocycles. The summed E-state index contributed by atoms with van der Waals surface area (Å²) < 4.78 is 52.0. The molecule has 15 heteroatoms. The van der Waals surface area contributed by atoms with Crippen molar-refractivity contribution in [3.63, 3.8) is 0 Å². The topological polar surface area (TPSA) is 132 Å². The van der Waals surface area contributed by atoms with Crippen LogP contribution in [0.1, 0.15) is 136 Å². The van der Waals surface area contributed by atoms with Gasteiger partial charge in [-0.05, 0) is 56.0 Å². The minimum atomic E-state index is -2.03. The van der Waals surface area contributed by atoms with Gasteiger partial charge in [0.25, 0.3) is 11.3 Å². The third-order valence-electron chi connectivity index (χ3n) is 8.96. The Morgan fingerprint density at radius 1 is 0.811 bits per heavy atom. The summed E-state index contributed by atoms with van der Waals surface area (Å²) in [6.45, 7) is 13.1. The van der Waals surface area contributed by atoms with Crippen LogP contribution in [0.5, 0.6) is 17.2 Å². The molecule has 0 aliphatic heterocycles. The van der Waals surface area contributed by atoms with E-state index in [-0.39, 0.29) is 21.9 Å². The van der Waals surface area contributed by atoms with Crippen LogP contribution in [0.15, 0.2) is 42.5 Å². The molecule has 0 amide bonds. The van der Waals surface area contributed by atoms with Crippen molar-refractivity contribution in [2.75, 3.05) is 11.3 Å². The van der Waals surface area contributed by atoms with Crippen molar-refractivity contribution in [3.8, 4) is 17.2 Å². The standard InChI is InChI=1S/C38H56Cl2N6O5S2/c1-7-9-11-13-14-16-18-28(17-15-12-10-8-2)26-49-33-22-20-30(45-53(48)50-32-21-19-29(39)23-31(32)40)24-34(33)51-52(47)44-27(3)37-42-41-36-25-35(38(4,5)6)43-46(36)37/h19-25,27-28,43-45H,7-18,26H2,1-6H3. The number of halogens is 2. The first-order chi connectivity index (χ1) is 25.4. The van der Waals surface area contributed by atoms with Gasteiger partial charge in [-0.2, -0.15) is 13.1 Å². The van der Waals surface area contributed by atoms with Crippen LogP contribution in [0.2, 0.25) is 10.0 Å². The number of aromatic amines is 1. The van der Waals surface area contributed by atoms with Crippen LogP contribution in [0.4, 0.5) is 5.69 Å². The van der Waals surface area contributed by atoms with Gasteiger partial charge in [0, 0.05) is 28.3 Å². The van der Waals surface area contributed by atoms with E-state index < -0.39 is 28.6 Å². The summed E-state index contributed by atoms with van der Waals surface area (Å²) in [6.07, 6.45) is 14.4. The molecule has 11 nitrogen and oxygen atoms in total. The second kappa shape index (κ2) is 21.3. The molecular weight excluding hydrogens is 755 g/mol. The Labute approximate surface area is 330 Å². The highest BCUT2D eigenvalue weighted by atomic mass is 35.5. The van der Waals surface area contributed by atoms with Gasteiger partial charge in [-0.25, -0.2) is 4.52 Å². The summed E-state index contributed by atoms with van der Waals surface area (Å²) in [5, 5.41) is 12.6. The van der Waals surface area contributed by atoms with Crippen LogP contribution >= 0.6 is 23.2 Å². The molecule has 0 bridgehead atoms. The van der Waals surface area contributed by atoms with Gasteiger partial charge >= 0.3 is 11.3 Å². The summed E-state index contributed by atoms with van der Waals surface area (Å²) in [5.41, 5.74) is 1.94. The number of nitrogens with one attached hydrogen (secondary N) is 3. The van der Waals surface area contributed by atoms with Crippen molar-refractivity contribution in [1.82, 2.24) is 24.5 Å². The maximum absolute atomic E-state index is 13.5. The Morgan fingerprint density at radius 3 is 2.13 bits per heavy atom. The molecule has 0 aliphatic rings. The average Bonchev–Trinajstić information content (AvgIpc) is 3.71. The van der Waals surface area contributed by atoms with Crippen molar-refractivity contribution in [1.29, 1.82) is 0 Å². The fourth-order valence-electron chi connectivity index (χ4n) is 5.86. The fraction of sp³-hybridized carbons (Fsp3) is 0.579. The van der Waals surface area contributed by atoms with E-state index in [2.05, 4.69) is 59.4 Å². The highest BCUT2D eigenvalue weighted by molar-refractivity contribution is 7.82. The number of aromatic nitrogens is 4. The number of fused-ring (bicyclic) bond motifs is 1. The summed E-state index contributed by atoms with van der Waals surface area (Å²) in [6, 6.07) is 11.1. The zero-order chi connectivity index (χ0) is 38.4. The number of benzene rings is 2. The maximum atomic E-state index is 13.5. The van der Waals surface area contributed by atoms with E-state index in [1.165, 1.54) is 69.9 Å². The molecule has 53 heavy (non-hydrogen) atoms. The van der Waals surface area contributed by atoms with Crippen LogP contribution in [0.25, 0.3) is 5.65 Å². The molecule has 4 rings (SSSR count). The highest BCUT2D eigenvalue weighted by Gasteiger charge is 2.23. The second-order valence-electron chi connectivity index (χ2n) is 14.6. The van der Waals surface area contributed by atoms with E-state index >= 15 is 0 Å². The number of hydrogen-bond acceptors (Lipinski definition) is 7. The van der Waals surface area contributed by atoms with Gasteiger partial charge in [-0.15, -0.1) is 10.2 Å². The Hall–Kier alpha value is -2.84. The van der Waals surface area contributed by atoms with Gasteiger partial charge in [0.1, 0.15) is 0 Å². The Balaban J connectivity index is 1.49. The summed E-state index contributed by atoms with van der Waals surface area (Å²) in [7, 11) is 0. The van der Waals surface area contributed by atoms with Crippen molar-refractivity contribution in [3.05, 3.63) is 64.0 Å². The van der Waals surface area contributed by atoms with Crippen LogP contribution < -0.4 is 22.5 Å². The van der Waals surface area contributed by atoms with Gasteiger partial charge in [-0.3, -0.25) is 9.82 Å². The number of ether oxygens (including phenoxy) is 1. The number of nitrogens with zero attached hydrogens (tertiary/aromatic N) is 3. The number of hydrogen-bond donors (Lipinski definition) is 3. The molecule has 0 aliphatic carbocycles. The minimum absolute atomic E-state index is 0.116. The third kappa shape index (κ3) is 13.8. The molecule has 0 radical (unpaired) electrons. The molecule has 4 unspecified atom stereocenters. The summed E-state index contributed by atoms with van der Waals surface area (Å²) in [4.78, 5) is 0. The first kappa shape index (κ1) is 42.9. The average molecular weight is 812 g/mol. The SMILES string of the molecule is CCCCCCCCC(CCCCCC)COc1ccc(NS(=O)Oc2ccc(Cl)cc2Cl)cc1OS(=O)NC(C)c1nnc2cc(C(C)(C)C)[nH]n12. The molecule has 0 saturated carbocycles. The Bertz CT molecular complexity index is 1780. The maximum Gasteiger partial charge on any atom is 0.316 e. The zero-order valence-electron chi connectivity index (χ0n) is 31.8. The second-order valence-corrected chi connectivity index (χ2v) is 17.1. The number of anilines is 1. The summed E-state index contributed by atoms with van der Waals surface area (Å²) in [5.74, 6) is 1.77. The van der Waals surface area contributed by atoms with Gasteiger partial charge in [0.05, 0.1) is 23.4 Å². The Morgan fingerprint density at radius 2 is 1.45 bits per heavy atom. The van der Waals surface area contributed by atoms with Crippen LogP contribution in [0.3, 0.4) is 0 Å². The van der Waals surface area contributed by atoms with E-state index in [0.29, 0.717) is 40.5 Å². The lowest BCUT2D eigenvalue weighted by Crippen LogP contribution is -2.27. The van der Waals surface area contributed by atoms with Crippen molar-refractivity contribution in [2.45, 2.75) is 130 Å². The lowest BCUT2D eigenvalue weighted by molar-refractivity contribution is 0.220. The van der Waals surface area contributed by atoms with Crippen molar-refractivity contribution in [2.24, 2.45) is 5.92 Å². The van der Waals surface area contributed by atoms with E-state index in [0.717, 1.165) is 25.0 Å². The normalized spacial score (nSPS) is 14.2. The molecular formula is C38H56Cl2N6O5S2. The quantitative estimate of drug-likeness (QED) is 0.0600. The predicted molar refractivity (Wildman–Crippen MR) is 217 cm³/mol. The molecule has 2 aromatic carbocycles. The largest absolute Gasteiger partial charge is 0.489 e. The molecule has 4 aromatic rings. The smallest absolute Gasteiger partial charge is 0.316 e. The third-order valence-corrected chi connectivity index (χ3v) is 11.1. The lowest BCUT2D eigenvalue weighted by atomic mass is 9.93. The number of unbranched alkanes of at least 4 members (excludes halogenated alkanes) is 8. The van der Waals surface area contributed by atoms with Gasteiger partial charge in [0.2, 0.25) is 0 Å². The lowest BCUT2D eigenvalue weighted by Gasteiger charge is -2.20. The number of rotatable bonds is 24. The van der Waals surface area contributed by atoms with Crippen LogP contribution in [-0.4, -0.2) is 34.8 Å². The van der Waals surface area contributed by atoms with Gasteiger partial charge in [-0.1, -0.05) is 122 Å². The predicted octanol–water partition coefficient (Wildman–Crippen LogP) is 10.8. The molecule has 294 valence electrons. The first-order valence-electron chi connectivity index (χ1n) is 18.8. The fourth-order valence-corrected chi connectivity index (χ4v) is 7.75. The molecule has 3 N–H and O–H groups in total. The zero-order valence-corrected chi connectivity index (χ0v) is 35.0. The Kier molecular flexibility index (Phi) is 17.2. The molecule has 0 saturated heterocycles. The summed E-state index contributed by atoms with van der Waals surface area (Å²) >= 11 is 8.16. The first-order valence-corrected chi connectivity index (χ1v) is 21.7. The van der Waals surface area contributed by atoms with E-state index in [1.807, 2.05) is 13.0 Å². The minimum Gasteiger partial charge on any atom is -0.489 e. The molecule has 4 atom stereocenters. The monoisotopic (exact) mass is 810 g/mol. The molecule has 2 heterocycles.